The Balaban J connectivity index is 1.23. The fraction of sp³-hybridized carbons (Fsp3) is 0.438. The lowest BCUT2D eigenvalue weighted by Crippen LogP contribution is -2.78. The molecule has 1 saturated heterocycles. The Morgan fingerprint density at radius 3 is 2.62 bits per heavy atom. The Bertz CT molecular complexity index is 1560. The predicted molar refractivity (Wildman–Crippen MR) is 153 cm³/mol. The molecule has 2 fully saturated rings. The number of hydrogen-bond acceptors (Lipinski definition) is 6. The van der Waals surface area contributed by atoms with E-state index in [1.165, 1.54) is 5.56 Å². The maximum atomic E-state index is 13.4. The van der Waals surface area contributed by atoms with E-state index in [1.54, 1.807) is 6.07 Å². The number of ether oxygens (including phenoxy) is 1. The second-order valence-corrected chi connectivity index (χ2v) is 13.8. The highest BCUT2D eigenvalue weighted by atomic mass is 32.2. The SMILES string of the molecule is Cc1ccccc1CS(=O)(=O)N[C@H]1CC[C@@]2(O)[C@H]3Cc4ccc(O)c5c4[C@@]2(CCN3CCc2ccccc2)[C@H]1O5. The van der Waals surface area contributed by atoms with Crippen molar-refractivity contribution in [1.82, 2.24) is 9.62 Å². The first-order chi connectivity index (χ1) is 19.2. The van der Waals surface area contributed by atoms with Crippen LogP contribution in [0.1, 0.15) is 47.1 Å². The number of aryl methyl sites for hydroxylation is 1. The molecule has 4 aliphatic rings. The van der Waals surface area contributed by atoms with Crippen LogP contribution in [0.25, 0.3) is 0 Å². The van der Waals surface area contributed by atoms with Gasteiger partial charge in [-0.1, -0.05) is 60.7 Å². The predicted octanol–water partition coefficient (Wildman–Crippen LogP) is 3.59. The molecule has 2 aliphatic heterocycles. The number of aliphatic hydroxyl groups is 1. The summed E-state index contributed by atoms with van der Waals surface area (Å²) in [4.78, 5) is 2.42. The van der Waals surface area contributed by atoms with Gasteiger partial charge in [-0.05, 0) is 73.9 Å². The summed E-state index contributed by atoms with van der Waals surface area (Å²) in [5.74, 6) is 0.359. The molecule has 2 bridgehead atoms. The third-order valence-corrected chi connectivity index (χ3v) is 11.4. The van der Waals surface area contributed by atoms with Gasteiger partial charge in [-0.3, -0.25) is 4.90 Å². The molecule has 7 nitrogen and oxygen atoms in total. The molecule has 0 amide bonds. The van der Waals surface area contributed by atoms with Crippen LogP contribution in [-0.2, 0) is 34.0 Å². The highest BCUT2D eigenvalue weighted by Gasteiger charge is 2.73. The number of hydrogen-bond donors (Lipinski definition) is 3. The monoisotopic (exact) mass is 560 g/mol. The molecule has 210 valence electrons. The average molecular weight is 561 g/mol. The number of phenols is 1. The van der Waals surface area contributed by atoms with Gasteiger partial charge in [0.2, 0.25) is 10.0 Å². The minimum atomic E-state index is -3.69. The summed E-state index contributed by atoms with van der Waals surface area (Å²) >= 11 is 0. The zero-order valence-corrected chi connectivity index (χ0v) is 23.5. The number of rotatable bonds is 7. The van der Waals surface area contributed by atoms with Gasteiger partial charge in [0.05, 0.1) is 22.8 Å². The number of piperidine rings is 1. The van der Waals surface area contributed by atoms with Crippen molar-refractivity contribution in [3.8, 4) is 11.5 Å². The first kappa shape index (κ1) is 26.0. The van der Waals surface area contributed by atoms with Crippen molar-refractivity contribution in [3.05, 3.63) is 94.5 Å². The van der Waals surface area contributed by atoms with Gasteiger partial charge in [0.1, 0.15) is 6.10 Å². The molecule has 2 aliphatic carbocycles. The van der Waals surface area contributed by atoms with Crippen LogP contribution in [0.2, 0.25) is 0 Å². The van der Waals surface area contributed by atoms with Crippen molar-refractivity contribution in [2.45, 2.75) is 74.0 Å². The molecule has 3 N–H and O–H groups in total. The van der Waals surface area contributed by atoms with Gasteiger partial charge < -0.3 is 14.9 Å². The number of sulfonamides is 1. The van der Waals surface area contributed by atoms with Crippen molar-refractivity contribution >= 4 is 10.0 Å². The molecule has 0 unspecified atom stereocenters. The third kappa shape index (κ3) is 3.84. The molecule has 3 aromatic rings. The first-order valence-electron chi connectivity index (χ1n) is 14.3. The lowest BCUT2D eigenvalue weighted by atomic mass is 9.48. The summed E-state index contributed by atoms with van der Waals surface area (Å²) in [6.45, 7) is 3.53. The molecule has 3 aromatic carbocycles. The quantitative estimate of drug-likeness (QED) is 0.409. The van der Waals surface area contributed by atoms with Crippen LogP contribution in [0, 0.1) is 6.92 Å². The number of nitrogens with one attached hydrogen (secondary N) is 1. The molecule has 2 heterocycles. The summed E-state index contributed by atoms with van der Waals surface area (Å²) in [6.07, 6.45) is 2.54. The van der Waals surface area contributed by atoms with Crippen molar-refractivity contribution in [2.75, 3.05) is 13.1 Å². The van der Waals surface area contributed by atoms with E-state index in [-0.39, 0.29) is 17.5 Å². The number of nitrogens with zero attached hydrogens (tertiary/aromatic N) is 1. The Morgan fingerprint density at radius 2 is 1.82 bits per heavy atom. The molecule has 7 rings (SSSR count). The van der Waals surface area contributed by atoms with Gasteiger partial charge in [0.15, 0.2) is 11.5 Å². The maximum absolute atomic E-state index is 13.4. The molecule has 8 heteroatoms. The third-order valence-electron chi connectivity index (χ3n) is 10.0. The van der Waals surface area contributed by atoms with E-state index in [4.69, 9.17) is 4.74 Å². The van der Waals surface area contributed by atoms with Crippen LogP contribution in [0.3, 0.4) is 0 Å². The number of aromatic hydroxyl groups is 1. The van der Waals surface area contributed by atoms with Gasteiger partial charge in [-0.2, -0.15) is 0 Å². The van der Waals surface area contributed by atoms with E-state index in [9.17, 15) is 18.6 Å². The largest absolute Gasteiger partial charge is 0.504 e. The lowest BCUT2D eigenvalue weighted by Gasteiger charge is -2.64. The van der Waals surface area contributed by atoms with E-state index < -0.39 is 33.2 Å². The highest BCUT2D eigenvalue weighted by molar-refractivity contribution is 7.88. The van der Waals surface area contributed by atoms with Crippen molar-refractivity contribution in [2.24, 2.45) is 0 Å². The lowest BCUT2D eigenvalue weighted by molar-refractivity contribution is -0.189. The standard InChI is InChI=1S/C32H36N2O5S/c1-21-7-5-6-10-24(21)20-40(37,38)33-25-13-15-32(36)27-19-23-11-12-26(35)29-28(23)31(32,30(25)39-29)16-18-34(27)17-14-22-8-3-2-4-9-22/h2-12,25,27,30,33,35-36H,13-20H2,1H3/t25-,27+,30-,31-,32+/m0/s1. The van der Waals surface area contributed by atoms with Crippen molar-refractivity contribution in [3.63, 3.8) is 0 Å². The minimum absolute atomic E-state index is 0.0522. The van der Waals surface area contributed by atoms with Crippen LogP contribution in [-0.4, -0.2) is 60.4 Å². The number of likely N-dealkylation sites (tertiary alicyclic amines) is 1. The van der Waals surface area contributed by atoms with Gasteiger partial charge in [0, 0.05) is 18.2 Å². The molecule has 5 atom stereocenters. The molecule has 0 aromatic heterocycles. The van der Waals surface area contributed by atoms with Gasteiger partial charge in [0.25, 0.3) is 0 Å². The maximum Gasteiger partial charge on any atom is 0.216 e. The van der Waals surface area contributed by atoms with E-state index in [0.717, 1.165) is 41.8 Å². The summed E-state index contributed by atoms with van der Waals surface area (Å²) in [5, 5.41) is 23.5. The summed E-state index contributed by atoms with van der Waals surface area (Å²) in [7, 11) is -3.69. The first-order valence-corrected chi connectivity index (χ1v) is 15.9. The smallest absolute Gasteiger partial charge is 0.216 e. The number of benzene rings is 3. The van der Waals surface area contributed by atoms with Crippen molar-refractivity contribution < 1.29 is 23.4 Å². The summed E-state index contributed by atoms with van der Waals surface area (Å²) in [5.41, 5.74) is 3.07. The fourth-order valence-electron chi connectivity index (χ4n) is 8.19. The van der Waals surface area contributed by atoms with Crippen LogP contribution in [0.4, 0.5) is 0 Å². The normalized spacial score (nSPS) is 30.5. The Kier molecular flexibility index (Phi) is 6.06. The zero-order valence-electron chi connectivity index (χ0n) is 22.7. The Labute approximate surface area is 235 Å². The fourth-order valence-corrected chi connectivity index (χ4v) is 9.71. The topological polar surface area (TPSA) is 99.1 Å². The summed E-state index contributed by atoms with van der Waals surface area (Å²) in [6, 6.07) is 20.9. The van der Waals surface area contributed by atoms with Crippen molar-refractivity contribution in [1.29, 1.82) is 0 Å². The van der Waals surface area contributed by atoms with Gasteiger partial charge >= 0.3 is 0 Å². The molecule has 1 saturated carbocycles. The van der Waals surface area contributed by atoms with E-state index >= 15 is 0 Å². The van der Waals surface area contributed by atoms with Crippen LogP contribution in [0.5, 0.6) is 11.5 Å². The molecular formula is C32H36N2O5S. The van der Waals surface area contributed by atoms with Gasteiger partial charge in [-0.25, -0.2) is 13.1 Å². The Hall–Kier alpha value is -2.91. The molecule has 1 spiro atoms. The van der Waals surface area contributed by atoms with E-state index in [0.29, 0.717) is 31.4 Å². The van der Waals surface area contributed by atoms with E-state index in [1.807, 2.05) is 43.3 Å². The molecular weight excluding hydrogens is 524 g/mol. The van der Waals surface area contributed by atoms with Crippen LogP contribution in [0.15, 0.2) is 66.7 Å². The molecule has 0 radical (unpaired) electrons. The van der Waals surface area contributed by atoms with E-state index in [2.05, 4.69) is 33.9 Å². The zero-order chi connectivity index (χ0) is 27.7. The molecule has 40 heavy (non-hydrogen) atoms. The average Bonchev–Trinajstić information content (AvgIpc) is 3.29. The highest BCUT2D eigenvalue weighted by Crippen LogP contribution is 2.65. The van der Waals surface area contributed by atoms with Crippen LogP contribution < -0.4 is 9.46 Å². The van der Waals surface area contributed by atoms with Gasteiger partial charge in [-0.15, -0.1) is 0 Å². The van der Waals surface area contributed by atoms with Crippen LogP contribution >= 0.6 is 0 Å². The minimum Gasteiger partial charge on any atom is -0.504 e. The second kappa shape index (κ2) is 9.31. The summed E-state index contributed by atoms with van der Waals surface area (Å²) < 4.78 is 36.4. The Morgan fingerprint density at radius 1 is 1.05 bits per heavy atom. The second-order valence-electron chi connectivity index (χ2n) is 12.1. The number of phenolic OH excluding ortho intramolecular Hbond substituents is 1.